The molecule has 0 aliphatic rings. The summed E-state index contributed by atoms with van der Waals surface area (Å²) >= 11 is 0. The Kier molecular flexibility index (Phi) is 5.27. The first kappa shape index (κ1) is 17.6. The highest BCUT2D eigenvalue weighted by atomic mass is 32.2. The predicted molar refractivity (Wildman–Crippen MR) is 94.3 cm³/mol. The van der Waals surface area contributed by atoms with Crippen LogP contribution < -0.4 is 10.0 Å². The van der Waals surface area contributed by atoms with Gasteiger partial charge in [0, 0.05) is 11.3 Å². The van der Waals surface area contributed by atoms with Gasteiger partial charge in [0.15, 0.2) is 0 Å². The zero-order valence-corrected chi connectivity index (χ0v) is 14.3. The molecule has 0 unspecified atom stereocenters. The summed E-state index contributed by atoms with van der Waals surface area (Å²) in [6.45, 7) is 3.68. The molecule has 0 saturated carbocycles. The highest BCUT2D eigenvalue weighted by Gasteiger charge is 2.18. The van der Waals surface area contributed by atoms with E-state index in [0.717, 1.165) is 5.56 Å². The molecule has 0 spiro atoms. The minimum absolute atomic E-state index is 0.0143. The summed E-state index contributed by atoms with van der Waals surface area (Å²) in [7, 11) is -3.79. The van der Waals surface area contributed by atoms with Crippen molar-refractivity contribution in [3.63, 3.8) is 0 Å². The monoisotopic (exact) mass is 342 g/mol. The fourth-order valence-corrected chi connectivity index (χ4v) is 3.24. The van der Waals surface area contributed by atoms with Crippen LogP contribution in [0, 0.1) is 26.2 Å². The molecule has 0 bridgehead atoms. The molecule has 0 saturated heterocycles. The lowest BCUT2D eigenvalue weighted by Gasteiger charge is -2.11. The summed E-state index contributed by atoms with van der Waals surface area (Å²) in [5.74, 6) is 1.90. The molecule has 0 aliphatic heterocycles. The fourth-order valence-electron chi connectivity index (χ4n) is 2.16. The number of terminal acetylenes is 1. The van der Waals surface area contributed by atoms with Crippen molar-refractivity contribution in [2.75, 3.05) is 11.3 Å². The first-order valence-electron chi connectivity index (χ1n) is 7.25. The van der Waals surface area contributed by atoms with Crippen molar-refractivity contribution in [3.05, 3.63) is 59.2 Å². The van der Waals surface area contributed by atoms with E-state index >= 15 is 0 Å². The lowest BCUT2D eigenvalue weighted by Crippen LogP contribution is -2.25. The topological polar surface area (TPSA) is 75.3 Å². The normalized spacial score (nSPS) is 10.7. The zero-order valence-electron chi connectivity index (χ0n) is 13.5. The number of anilines is 1. The SMILES string of the molecule is C#CCNC(=O)c1cc(S(=O)(=O)Nc2cccc(C)c2)ccc1C. The number of carbonyl (C=O) groups is 1. The third kappa shape index (κ3) is 4.15. The summed E-state index contributed by atoms with van der Waals surface area (Å²) in [5.41, 5.74) is 2.35. The van der Waals surface area contributed by atoms with E-state index in [1.807, 2.05) is 13.0 Å². The molecule has 0 radical (unpaired) electrons. The van der Waals surface area contributed by atoms with Crippen molar-refractivity contribution in [1.82, 2.24) is 5.32 Å². The summed E-state index contributed by atoms with van der Waals surface area (Å²) in [6.07, 6.45) is 5.12. The van der Waals surface area contributed by atoms with Crippen molar-refractivity contribution in [2.45, 2.75) is 18.7 Å². The van der Waals surface area contributed by atoms with Crippen molar-refractivity contribution in [3.8, 4) is 12.3 Å². The van der Waals surface area contributed by atoms with Crippen LogP contribution in [0.5, 0.6) is 0 Å². The molecule has 2 aromatic carbocycles. The van der Waals surface area contributed by atoms with Gasteiger partial charge in [-0.2, -0.15) is 0 Å². The molecule has 2 N–H and O–H groups in total. The molecule has 0 fully saturated rings. The van der Waals surface area contributed by atoms with Gasteiger partial charge in [-0.25, -0.2) is 8.42 Å². The zero-order chi connectivity index (χ0) is 17.7. The van der Waals surface area contributed by atoms with Crippen molar-refractivity contribution >= 4 is 21.6 Å². The summed E-state index contributed by atoms with van der Waals surface area (Å²) < 4.78 is 27.6. The Hall–Kier alpha value is -2.78. The maximum atomic E-state index is 12.5. The average Bonchev–Trinajstić information content (AvgIpc) is 2.52. The van der Waals surface area contributed by atoms with Crippen LogP contribution >= 0.6 is 0 Å². The van der Waals surface area contributed by atoms with Gasteiger partial charge in [-0.15, -0.1) is 6.42 Å². The van der Waals surface area contributed by atoms with Crippen LogP contribution in [0.25, 0.3) is 0 Å². The Labute approximate surface area is 142 Å². The van der Waals surface area contributed by atoms with E-state index in [2.05, 4.69) is 16.0 Å². The number of rotatable bonds is 5. The third-order valence-electron chi connectivity index (χ3n) is 3.39. The molecular formula is C18H18N2O3S. The smallest absolute Gasteiger partial charge is 0.261 e. The number of amides is 1. The molecule has 1 amide bonds. The lowest BCUT2D eigenvalue weighted by atomic mass is 10.1. The maximum absolute atomic E-state index is 12.5. The molecule has 2 rings (SSSR count). The molecule has 0 heterocycles. The Balaban J connectivity index is 2.34. The third-order valence-corrected chi connectivity index (χ3v) is 4.76. The quantitative estimate of drug-likeness (QED) is 0.820. The Morgan fingerprint density at radius 3 is 2.58 bits per heavy atom. The van der Waals surface area contributed by atoms with Gasteiger partial charge in [0.25, 0.3) is 15.9 Å². The van der Waals surface area contributed by atoms with Crippen molar-refractivity contribution in [1.29, 1.82) is 0 Å². The molecule has 124 valence electrons. The second-order valence-electron chi connectivity index (χ2n) is 5.34. The second-order valence-corrected chi connectivity index (χ2v) is 7.02. The first-order valence-corrected chi connectivity index (χ1v) is 8.73. The highest BCUT2D eigenvalue weighted by Crippen LogP contribution is 2.20. The molecule has 0 aliphatic carbocycles. The van der Waals surface area contributed by atoms with E-state index in [0.29, 0.717) is 11.3 Å². The van der Waals surface area contributed by atoms with Crippen LogP contribution in [0.3, 0.4) is 0 Å². The van der Waals surface area contributed by atoms with Crippen molar-refractivity contribution < 1.29 is 13.2 Å². The Morgan fingerprint density at radius 2 is 1.92 bits per heavy atom. The standard InChI is InChI=1S/C18H18N2O3S/c1-4-10-19-18(21)17-12-16(9-8-14(17)3)24(22,23)20-15-7-5-6-13(2)11-15/h1,5-9,11-12,20H,10H2,2-3H3,(H,19,21). The fraction of sp³-hybridized carbons (Fsp3) is 0.167. The lowest BCUT2D eigenvalue weighted by molar-refractivity contribution is 0.0958. The molecule has 0 atom stereocenters. The summed E-state index contributed by atoms with van der Waals surface area (Å²) in [5, 5.41) is 2.54. The summed E-state index contributed by atoms with van der Waals surface area (Å²) in [4.78, 5) is 12.1. The van der Waals surface area contributed by atoms with Crippen molar-refractivity contribution in [2.24, 2.45) is 0 Å². The summed E-state index contributed by atoms with van der Waals surface area (Å²) in [6, 6.07) is 11.4. The van der Waals surface area contributed by atoms with E-state index in [4.69, 9.17) is 6.42 Å². The van der Waals surface area contributed by atoms with Gasteiger partial charge in [0.2, 0.25) is 0 Å². The second kappa shape index (κ2) is 7.20. The van der Waals surface area contributed by atoms with Gasteiger partial charge in [0.05, 0.1) is 11.4 Å². The van der Waals surface area contributed by atoms with Crippen LogP contribution in [-0.4, -0.2) is 20.9 Å². The first-order chi connectivity index (χ1) is 11.3. The number of aryl methyl sites for hydroxylation is 2. The Bertz CT molecular complexity index is 912. The van der Waals surface area contributed by atoms with Crippen LogP contribution in [0.15, 0.2) is 47.4 Å². The van der Waals surface area contributed by atoms with Gasteiger partial charge in [-0.3, -0.25) is 9.52 Å². The van der Waals surface area contributed by atoms with E-state index in [1.165, 1.54) is 12.1 Å². The number of carbonyl (C=O) groups excluding carboxylic acids is 1. The number of nitrogens with one attached hydrogen (secondary N) is 2. The van der Waals surface area contributed by atoms with Crippen LogP contribution in [0.4, 0.5) is 5.69 Å². The van der Waals surface area contributed by atoms with Gasteiger partial charge in [-0.05, 0) is 49.2 Å². The molecule has 0 aromatic heterocycles. The minimum atomic E-state index is -3.79. The molecule has 5 nitrogen and oxygen atoms in total. The minimum Gasteiger partial charge on any atom is -0.341 e. The van der Waals surface area contributed by atoms with E-state index in [1.54, 1.807) is 31.2 Å². The van der Waals surface area contributed by atoms with Gasteiger partial charge in [0.1, 0.15) is 0 Å². The number of benzene rings is 2. The van der Waals surface area contributed by atoms with Crippen LogP contribution in [-0.2, 0) is 10.0 Å². The van der Waals surface area contributed by atoms with Gasteiger partial charge in [-0.1, -0.05) is 24.1 Å². The highest BCUT2D eigenvalue weighted by molar-refractivity contribution is 7.92. The van der Waals surface area contributed by atoms with Crippen LogP contribution in [0.1, 0.15) is 21.5 Å². The number of sulfonamides is 1. The number of hydrogen-bond donors (Lipinski definition) is 2. The Morgan fingerprint density at radius 1 is 1.17 bits per heavy atom. The molecule has 2 aromatic rings. The average molecular weight is 342 g/mol. The largest absolute Gasteiger partial charge is 0.341 e. The van der Waals surface area contributed by atoms with Gasteiger partial charge < -0.3 is 5.32 Å². The maximum Gasteiger partial charge on any atom is 0.261 e. The van der Waals surface area contributed by atoms with Crippen LogP contribution in [0.2, 0.25) is 0 Å². The molecule has 6 heteroatoms. The van der Waals surface area contributed by atoms with E-state index in [-0.39, 0.29) is 17.0 Å². The molecule has 24 heavy (non-hydrogen) atoms. The van der Waals surface area contributed by atoms with E-state index < -0.39 is 15.9 Å². The number of hydrogen-bond acceptors (Lipinski definition) is 3. The van der Waals surface area contributed by atoms with Gasteiger partial charge >= 0.3 is 0 Å². The van der Waals surface area contributed by atoms with E-state index in [9.17, 15) is 13.2 Å². The molecular weight excluding hydrogens is 324 g/mol. The predicted octanol–water partition coefficient (Wildman–Crippen LogP) is 2.47.